The Kier molecular flexibility index (Phi) is 82.3. The third-order valence-corrected chi connectivity index (χ3v) is 20.7. The zero-order chi connectivity index (χ0) is 67.7. The summed E-state index contributed by atoms with van der Waals surface area (Å²) in [7, 11) is 0. The zero-order valence-electron chi connectivity index (χ0n) is 64.2. The predicted octanol–water partition coefficient (Wildman–Crippen LogP) is 29.2. The van der Waals surface area contributed by atoms with Crippen molar-refractivity contribution >= 4 is 11.9 Å². The first-order valence-electron chi connectivity index (χ1n) is 43.6. The molecular formula is C88H171NO5. The van der Waals surface area contributed by atoms with Crippen LogP contribution in [0.2, 0.25) is 0 Å². The average Bonchev–Trinajstić information content (AvgIpc) is 3.79. The number of amides is 1. The number of carbonyl (C=O) groups excluding carboxylic acids is 2. The van der Waals surface area contributed by atoms with Gasteiger partial charge in [0.2, 0.25) is 5.91 Å². The number of nitrogens with one attached hydrogen (secondary N) is 1. The lowest BCUT2D eigenvalue weighted by atomic mass is 10.0. The van der Waals surface area contributed by atoms with Gasteiger partial charge in [0.25, 0.3) is 0 Å². The van der Waals surface area contributed by atoms with E-state index in [-0.39, 0.29) is 18.5 Å². The molecule has 1 amide bonds. The van der Waals surface area contributed by atoms with Gasteiger partial charge in [0.05, 0.1) is 25.4 Å². The number of aliphatic hydroxyl groups is 2. The number of hydrogen-bond donors (Lipinski definition) is 3. The van der Waals surface area contributed by atoms with Gasteiger partial charge in [0.1, 0.15) is 0 Å². The highest BCUT2D eigenvalue weighted by atomic mass is 16.5. The Labute approximate surface area is 590 Å². The Morgan fingerprint density at radius 1 is 0.287 bits per heavy atom. The largest absolute Gasteiger partial charge is 0.466 e. The van der Waals surface area contributed by atoms with E-state index >= 15 is 0 Å². The fourth-order valence-corrected chi connectivity index (χ4v) is 14.1. The van der Waals surface area contributed by atoms with Crippen LogP contribution in [0.5, 0.6) is 0 Å². The van der Waals surface area contributed by atoms with Gasteiger partial charge in [-0.3, -0.25) is 9.59 Å². The Morgan fingerprint density at radius 3 is 0.755 bits per heavy atom. The van der Waals surface area contributed by atoms with Crippen LogP contribution in [-0.4, -0.2) is 47.4 Å². The van der Waals surface area contributed by atoms with Crippen molar-refractivity contribution in [1.29, 1.82) is 0 Å². The second-order valence-electron chi connectivity index (χ2n) is 30.2. The van der Waals surface area contributed by atoms with Crippen molar-refractivity contribution in [3.05, 3.63) is 24.3 Å². The Morgan fingerprint density at radius 2 is 0.500 bits per heavy atom. The second-order valence-corrected chi connectivity index (χ2v) is 30.2. The lowest BCUT2D eigenvalue weighted by Crippen LogP contribution is -2.45. The van der Waals surface area contributed by atoms with Crippen molar-refractivity contribution in [3.8, 4) is 0 Å². The molecule has 0 aromatic rings. The summed E-state index contributed by atoms with van der Waals surface area (Å²) in [5.41, 5.74) is 0. The average molecular weight is 1320 g/mol. The maximum absolute atomic E-state index is 12.6. The Bertz CT molecular complexity index is 1480. The number of hydrogen-bond acceptors (Lipinski definition) is 5. The number of allylic oxidation sites excluding steroid dienone is 3. The zero-order valence-corrected chi connectivity index (χ0v) is 64.2. The van der Waals surface area contributed by atoms with E-state index in [1.165, 1.54) is 437 Å². The minimum Gasteiger partial charge on any atom is -0.466 e. The van der Waals surface area contributed by atoms with Crippen LogP contribution in [0.1, 0.15) is 502 Å². The topological polar surface area (TPSA) is 95.9 Å². The standard InChI is InChI=1S/C88H171NO5/c1-3-5-7-9-11-13-15-17-19-21-22-23-39-42-45-49-52-56-60-64-68-72-76-80-86(91)85(84-90)89-87(92)81-77-73-69-65-61-57-53-50-46-43-40-37-35-33-31-29-27-25-24-26-28-30-32-34-36-38-41-44-47-51-55-59-63-67-71-75-79-83-94-88(93)82-78-74-70-66-62-58-54-48-20-18-16-14-12-10-8-6-4-2/h18,20,76,80,85-86,90-91H,3-17,19,21-75,77-79,81-84H2,1-2H3,(H,89,92)/b20-18-,80-76+. The molecule has 6 nitrogen and oxygen atoms in total. The maximum Gasteiger partial charge on any atom is 0.305 e. The van der Waals surface area contributed by atoms with Gasteiger partial charge in [-0.15, -0.1) is 0 Å². The van der Waals surface area contributed by atoms with Crippen LogP contribution >= 0.6 is 0 Å². The molecule has 0 saturated carbocycles. The second kappa shape index (κ2) is 83.8. The molecule has 94 heavy (non-hydrogen) atoms. The highest BCUT2D eigenvalue weighted by Gasteiger charge is 2.18. The first kappa shape index (κ1) is 92.3. The van der Waals surface area contributed by atoms with E-state index < -0.39 is 12.1 Å². The summed E-state index contributed by atoms with van der Waals surface area (Å²) in [6, 6.07) is -0.625. The number of unbranched alkanes of at least 4 members (excludes halogenated alkanes) is 70. The van der Waals surface area contributed by atoms with Crippen LogP contribution < -0.4 is 5.32 Å². The summed E-state index contributed by atoms with van der Waals surface area (Å²) in [6.45, 7) is 4.96. The summed E-state index contributed by atoms with van der Waals surface area (Å²) in [5, 5.41) is 23.3. The molecule has 0 saturated heterocycles. The molecule has 3 N–H and O–H groups in total. The van der Waals surface area contributed by atoms with Crippen molar-refractivity contribution in [2.45, 2.75) is 514 Å². The molecule has 6 heteroatoms. The molecule has 0 heterocycles. The van der Waals surface area contributed by atoms with Crippen LogP contribution in [0.25, 0.3) is 0 Å². The number of ether oxygens (including phenoxy) is 1. The van der Waals surface area contributed by atoms with E-state index in [2.05, 4.69) is 31.3 Å². The van der Waals surface area contributed by atoms with E-state index in [9.17, 15) is 19.8 Å². The fraction of sp³-hybridized carbons (Fsp3) is 0.932. The molecule has 0 aliphatic rings. The molecule has 0 aromatic heterocycles. The molecule has 0 radical (unpaired) electrons. The van der Waals surface area contributed by atoms with Crippen molar-refractivity contribution < 1.29 is 24.5 Å². The maximum atomic E-state index is 12.6. The third kappa shape index (κ3) is 79.3. The van der Waals surface area contributed by atoms with Crippen molar-refractivity contribution in [2.24, 2.45) is 0 Å². The molecule has 0 aliphatic heterocycles. The van der Waals surface area contributed by atoms with E-state index in [0.29, 0.717) is 19.4 Å². The first-order chi connectivity index (χ1) is 46.5. The van der Waals surface area contributed by atoms with E-state index in [0.717, 1.165) is 38.5 Å². The summed E-state index contributed by atoms with van der Waals surface area (Å²) in [5.74, 6) is -0.0355. The molecule has 0 spiro atoms. The van der Waals surface area contributed by atoms with Gasteiger partial charge in [0.15, 0.2) is 0 Å². The van der Waals surface area contributed by atoms with Gasteiger partial charge >= 0.3 is 5.97 Å². The highest BCUT2D eigenvalue weighted by Crippen LogP contribution is 2.21. The van der Waals surface area contributed by atoms with Crippen LogP contribution in [0.4, 0.5) is 0 Å². The van der Waals surface area contributed by atoms with E-state index in [1.807, 2.05) is 6.08 Å². The van der Waals surface area contributed by atoms with Gasteiger partial charge in [-0.25, -0.2) is 0 Å². The Balaban J connectivity index is 3.32. The monoisotopic (exact) mass is 1320 g/mol. The van der Waals surface area contributed by atoms with Gasteiger partial charge in [0, 0.05) is 12.8 Å². The molecule has 0 bridgehead atoms. The van der Waals surface area contributed by atoms with Crippen LogP contribution in [0.3, 0.4) is 0 Å². The SMILES string of the molecule is CCCCCCCC/C=C\CCCCCCCCCC(=O)OCCCCCCCCCCCCCCCCCCCCCCCCCCCCCCCCCCCCCCCC(=O)NC(CO)C(O)/C=C/CCCCCCCCCCCCCCCCCCCCCCC. The molecule has 558 valence electrons. The smallest absolute Gasteiger partial charge is 0.305 e. The molecular weight excluding hydrogens is 1150 g/mol. The van der Waals surface area contributed by atoms with Crippen LogP contribution in [0.15, 0.2) is 24.3 Å². The van der Waals surface area contributed by atoms with Gasteiger partial charge < -0.3 is 20.3 Å². The van der Waals surface area contributed by atoms with Crippen molar-refractivity contribution in [1.82, 2.24) is 5.32 Å². The normalized spacial score (nSPS) is 12.5. The number of aliphatic hydroxyl groups excluding tert-OH is 2. The Hall–Kier alpha value is -1.66. The number of carbonyl (C=O) groups is 2. The first-order valence-corrected chi connectivity index (χ1v) is 43.6. The molecule has 2 unspecified atom stereocenters. The summed E-state index contributed by atoms with van der Waals surface area (Å²) < 4.78 is 5.52. The predicted molar refractivity (Wildman–Crippen MR) is 417 cm³/mol. The minimum absolute atomic E-state index is 0.0210. The quantitative estimate of drug-likeness (QED) is 0.0320. The molecule has 2 atom stereocenters. The van der Waals surface area contributed by atoms with Crippen LogP contribution in [-0.2, 0) is 14.3 Å². The van der Waals surface area contributed by atoms with E-state index in [1.54, 1.807) is 6.08 Å². The summed E-state index contributed by atoms with van der Waals surface area (Å²) in [6.07, 6.45) is 109. The van der Waals surface area contributed by atoms with Gasteiger partial charge in [-0.05, 0) is 57.8 Å². The minimum atomic E-state index is -0.842. The highest BCUT2D eigenvalue weighted by molar-refractivity contribution is 5.76. The third-order valence-electron chi connectivity index (χ3n) is 20.7. The summed E-state index contributed by atoms with van der Waals surface area (Å²) in [4.78, 5) is 24.7. The number of esters is 1. The molecule has 0 fully saturated rings. The van der Waals surface area contributed by atoms with Gasteiger partial charge in [-0.2, -0.15) is 0 Å². The number of rotatable bonds is 83. The van der Waals surface area contributed by atoms with E-state index in [4.69, 9.17) is 4.74 Å². The lowest BCUT2D eigenvalue weighted by molar-refractivity contribution is -0.143. The molecule has 0 aromatic carbocycles. The van der Waals surface area contributed by atoms with Crippen molar-refractivity contribution in [3.63, 3.8) is 0 Å². The van der Waals surface area contributed by atoms with Gasteiger partial charge in [-0.1, -0.05) is 456 Å². The fourth-order valence-electron chi connectivity index (χ4n) is 14.1. The molecule has 0 aliphatic carbocycles. The molecule has 0 rings (SSSR count). The lowest BCUT2D eigenvalue weighted by Gasteiger charge is -2.20. The van der Waals surface area contributed by atoms with Crippen molar-refractivity contribution in [2.75, 3.05) is 13.2 Å². The van der Waals surface area contributed by atoms with Crippen LogP contribution in [0, 0.1) is 0 Å². The summed E-state index contributed by atoms with van der Waals surface area (Å²) >= 11 is 0.